The molecule has 6 nitrogen and oxygen atoms in total. The Morgan fingerprint density at radius 2 is 1.70 bits per heavy atom. The summed E-state index contributed by atoms with van der Waals surface area (Å²) in [6.45, 7) is 5.61. The number of ether oxygens (including phenoxy) is 1. The van der Waals surface area contributed by atoms with Gasteiger partial charge in [0.15, 0.2) is 0 Å². The highest BCUT2D eigenvalue weighted by Gasteiger charge is 2.32. The molecule has 0 bridgehead atoms. The van der Waals surface area contributed by atoms with Crippen molar-refractivity contribution in [2.45, 2.75) is 31.6 Å². The minimum Gasteiger partial charge on any atom is -0.492 e. The van der Waals surface area contributed by atoms with Gasteiger partial charge in [-0.15, -0.1) is 0 Å². The number of rotatable bonds is 4. The number of carbonyl (C=O) groups is 1. The fourth-order valence-corrected chi connectivity index (χ4v) is 6.08. The molecule has 2 aliphatic rings. The maximum atomic E-state index is 13.0. The Morgan fingerprint density at radius 3 is 2.40 bits per heavy atom. The quantitative estimate of drug-likeness (QED) is 0.808. The second-order valence-corrected chi connectivity index (χ2v) is 10.5. The van der Waals surface area contributed by atoms with Crippen molar-refractivity contribution in [1.29, 1.82) is 0 Å². The van der Waals surface area contributed by atoms with Crippen molar-refractivity contribution >= 4 is 21.6 Å². The van der Waals surface area contributed by atoms with Crippen molar-refractivity contribution in [2.24, 2.45) is 17.8 Å². The van der Waals surface area contributed by atoms with Gasteiger partial charge in [-0.05, 0) is 60.6 Å². The molecule has 0 unspecified atom stereocenters. The molecule has 3 atom stereocenters. The zero-order valence-corrected chi connectivity index (χ0v) is 18.2. The molecule has 2 aromatic rings. The van der Waals surface area contributed by atoms with E-state index in [4.69, 9.17) is 4.74 Å². The lowest BCUT2D eigenvalue weighted by Gasteiger charge is -2.34. The Balaban J connectivity index is 1.42. The smallest absolute Gasteiger partial charge is 0.243 e. The fraction of sp³-hybridized carbons (Fsp3) is 0.435. The molecule has 4 rings (SSSR count). The Kier molecular flexibility index (Phi) is 5.84. The SMILES string of the molecule is C[C@@H]1C[C@H](C)CN(S(=O)(=O)c2ccc(NC(=O)[C@H]3COc4ccccc4C3)cc2)C1. The number of hydrogen-bond acceptors (Lipinski definition) is 4. The first kappa shape index (κ1) is 20.9. The molecule has 7 heteroatoms. The molecule has 160 valence electrons. The number of sulfonamides is 1. The van der Waals surface area contributed by atoms with Crippen molar-refractivity contribution < 1.29 is 17.9 Å². The van der Waals surface area contributed by atoms with Crippen molar-refractivity contribution in [1.82, 2.24) is 4.31 Å². The van der Waals surface area contributed by atoms with Gasteiger partial charge in [-0.1, -0.05) is 32.0 Å². The predicted molar refractivity (Wildman–Crippen MR) is 116 cm³/mol. The Hall–Kier alpha value is -2.38. The number of benzene rings is 2. The van der Waals surface area contributed by atoms with Crippen LogP contribution in [0.15, 0.2) is 53.4 Å². The van der Waals surface area contributed by atoms with Crippen LogP contribution in [0.25, 0.3) is 0 Å². The number of para-hydroxylation sites is 1. The van der Waals surface area contributed by atoms with E-state index in [1.165, 1.54) is 0 Å². The number of piperidine rings is 1. The number of nitrogens with zero attached hydrogens (tertiary/aromatic N) is 1. The topological polar surface area (TPSA) is 75.7 Å². The molecule has 0 aromatic heterocycles. The molecule has 1 fully saturated rings. The van der Waals surface area contributed by atoms with Crippen LogP contribution in [0.5, 0.6) is 5.75 Å². The maximum Gasteiger partial charge on any atom is 0.243 e. The molecule has 2 heterocycles. The molecule has 1 N–H and O–H groups in total. The van der Waals surface area contributed by atoms with E-state index < -0.39 is 10.0 Å². The van der Waals surface area contributed by atoms with Gasteiger partial charge in [0.1, 0.15) is 12.4 Å². The van der Waals surface area contributed by atoms with Gasteiger partial charge in [0, 0.05) is 18.8 Å². The van der Waals surface area contributed by atoms with Crippen LogP contribution in [0.2, 0.25) is 0 Å². The van der Waals surface area contributed by atoms with Gasteiger partial charge in [-0.3, -0.25) is 4.79 Å². The van der Waals surface area contributed by atoms with Gasteiger partial charge in [0.05, 0.1) is 10.8 Å². The summed E-state index contributed by atoms with van der Waals surface area (Å²) in [5.74, 6) is 1.13. The van der Waals surface area contributed by atoms with Gasteiger partial charge < -0.3 is 10.1 Å². The predicted octanol–water partition coefficient (Wildman–Crippen LogP) is 3.54. The summed E-state index contributed by atoms with van der Waals surface area (Å²) in [6.07, 6.45) is 1.67. The van der Waals surface area contributed by atoms with E-state index in [0.717, 1.165) is 17.7 Å². The average molecular weight is 429 g/mol. The second kappa shape index (κ2) is 8.40. The third-order valence-corrected chi connectivity index (χ3v) is 7.69. The van der Waals surface area contributed by atoms with Crippen LogP contribution >= 0.6 is 0 Å². The van der Waals surface area contributed by atoms with Gasteiger partial charge in [-0.2, -0.15) is 4.31 Å². The lowest BCUT2D eigenvalue weighted by molar-refractivity contribution is -0.121. The summed E-state index contributed by atoms with van der Waals surface area (Å²) in [4.78, 5) is 12.9. The van der Waals surface area contributed by atoms with Crippen molar-refractivity contribution in [3.63, 3.8) is 0 Å². The molecule has 1 amide bonds. The maximum absolute atomic E-state index is 13.0. The minimum atomic E-state index is -3.53. The number of amides is 1. The van der Waals surface area contributed by atoms with Gasteiger partial charge in [0.2, 0.25) is 15.9 Å². The van der Waals surface area contributed by atoms with Crippen molar-refractivity contribution in [3.8, 4) is 5.75 Å². The second-order valence-electron chi connectivity index (χ2n) is 8.60. The third kappa shape index (κ3) is 4.37. The van der Waals surface area contributed by atoms with Crippen LogP contribution < -0.4 is 10.1 Å². The fourth-order valence-electron chi connectivity index (χ4n) is 4.40. The van der Waals surface area contributed by atoms with Gasteiger partial charge in [-0.25, -0.2) is 8.42 Å². The normalized spacial score (nSPS) is 24.5. The summed E-state index contributed by atoms with van der Waals surface area (Å²) < 4.78 is 33.3. The van der Waals surface area contributed by atoms with E-state index in [2.05, 4.69) is 19.2 Å². The highest BCUT2D eigenvalue weighted by atomic mass is 32.2. The van der Waals surface area contributed by atoms with E-state index in [9.17, 15) is 13.2 Å². The first-order valence-corrected chi connectivity index (χ1v) is 11.9. The zero-order valence-electron chi connectivity index (χ0n) is 17.4. The number of carbonyl (C=O) groups excluding carboxylic acids is 1. The molecule has 0 spiro atoms. The molecule has 1 saturated heterocycles. The summed E-state index contributed by atoms with van der Waals surface area (Å²) in [6, 6.07) is 14.2. The standard InChI is InChI=1S/C23H28N2O4S/c1-16-11-17(2)14-25(13-16)30(27,28)21-9-7-20(8-10-21)24-23(26)19-12-18-5-3-4-6-22(18)29-15-19/h3-10,16-17,19H,11-15H2,1-2H3,(H,24,26)/t16-,17+,19-/m1/s1. The Labute approximate surface area is 178 Å². The minimum absolute atomic E-state index is 0.126. The van der Waals surface area contributed by atoms with Crippen LogP contribution in [0, 0.1) is 17.8 Å². The third-order valence-electron chi connectivity index (χ3n) is 5.84. The summed E-state index contributed by atoms with van der Waals surface area (Å²) in [7, 11) is -3.53. The number of hydrogen-bond donors (Lipinski definition) is 1. The van der Waals surface area contributed by atoms with E-state index in [0.29, 0.717) is 43.6 Å². The molecule has 0 saturated carbocycles. The Bertz CT molecular complexity index is 1010. The molecule has 30 heavy (non-hydrogen) atoms. The molecule has 0 radical (unpaired) electrons. The average Bonchev–Trinajstić information content (AvgIpc) is 2.73. The first-order valence-electron chi connectivity index (χ1n) is 10.4. The highest BCUT2D eigenvalue weighted by molar-refractivity contribution is 7.89. The van der Waals surface area contributed by atoms with E-state index in [1.54, 1.807) is 28.6 Å². The summed E-state index contributed by atoms with van der Waals surface area (Å²) in [5, 5.41) is 2.89. The Morgan fingerprint density at radius 1 is 1.03 bits per heavy atom. The van der Waals surface area contributed by atoms with Crippen molar-refractivity contribution in [3.05, 3.63) is 54.1 Å². The largest absolute Gasteiger partial charge is 0.492 e. The van der Waals surface area contributed by atoms with Gasteiger partial charge >= 0.3 is 0 Å². The van der Waals surface area contributed by atoms with E-state index >= 15 is 0 Å². The lowest BCUT2D eigenvalue weighted by Crippen LogP contribution is -2.42. The highest BCUT2D eigenvalue weighted by Crippen LogP contribution is 2.29. The number of anilines is 1. The van der Waals surface area contributed by atoms with Crippen LogP contribution in [-0.4, -0.2) is 38.3 Å². The van der Waals surface area contributed by atoms with Crippen LogP contribution in [0.1, 0.15) is 25.8 Å². The molecule has 2 aromatic carbocycles. The van der Waals surface area contributed by atoms with Crippen LogP contribution in [-0.2, 0) is 21.2 Å². The summed E-state index contributed by atoms with van der Waals surface area (Å²) >= 11 is 0. The number of fused-ring (bicyclic) bond motifs is 1. The summed E-state index contributed by atoms with van der Waals surface area (Å²) in [5.41, 5.74) is 1.61. The molecule has 2 aliphatic heterocycles. The van der Waals surface area contributed by atoms with E-state index in [-0.39, 0.29) is 16.7 Å². The van der Waals surface area contributed by atoms with Crippen molar-refractivity contribution in [2.75, 3.05) is 25.0 Å². The van der Waals surface area contributed by atoms with Crippen LogP contribution in [0.3, 0.4) is 0 Å². The molecular formula is C23H28N2O4S. The van der Waals surface area contributed by atoms with Crippen LogP contribution in [0.4, 0.5) is 5.69 Å². The molecular weight excluding hydrogens is 400 g/mol. The number of nitrogens with one attached hydrogen (secondary N) is 1. The lowest BCUT2D eigenvalue weighted by atomic mass is 9.94. The van der Waals surface area contributed by atoms with Gasteiger partial charge in [0.25, 0.3) is 0 Å². The molecule has 0 aliphatic carbocycles. The monoisotopic (exact) mass is 428 g/mol. The zero-order chi connectivity index (χ0) is 21.3. The van der Waals surface area contributed by atoms with E-state index in [1.807, 2.05) is 24.3 Å². The first-order chi connectivity index (χ1) is 14.3.